The van der Waals surface area contributed by atoms with E-state index in [4.69, 9.17) is 4.74 Å². The summed E-state index contributed by atoms with van der Waals surface area (Å²) >= 11 is 0. The Kier molecular flexibility index (Phi) is 8.43. The molecule has 1 unspecified atom stereocenters. The number of amides is 1. The van der Waals surface area contributed by atoms with E-state index >= 15 is 0 Å². The van der Waals surface area contributed by atoms with Crippen LogP contribution in [0.5, 0.6) is 0 Å². The third-order valence-corrected chi connectivity index (χ3v) is 7.17. The van der Waals surface area contributed by atoms with Crippen LogP contribution >= 0.6 is 0 Å². The molecule has 0 saturated carbocycles. The average molecular weight is 439 g/mol. The Morgan fingerprint density at radius 2 is 1.53 bits per heavy atom. The summed E-state index contributed by atoms with van der Waals surface area (Å²) in [6, 6.07) is 5.81. The fourth-order valence-corrected chi connectivity index (χ4v) is 5.37. The summed E-state index contributed by atoms with van der Waals surface area (Å²) in [5.41, 5.74) is 0.117. The molecule has 1 aromatic carbocycles. The van der Waals surface area contributed by atoms with Gasteiger partial charge in [0.15, 0.2) is 6.10 Å². The molecule has 8 heteroatoms. The lowest BCUT2D eigenvalue weighted by Crippen LogP contribution is -2.47. The molecule has 1 amide bonds. The minimum Gasteiger partial charge on any atom is -0.449 e. The van der Waals surface area contributed by atoms with E-state index in [-0.39, 0.29) is 28.4 Å². The van der Waals surface area contributed by atoms with Gasteiger partial charge in [-0.25, -0.2) is 13.2 Å². The standard InChI is InChI=1S/C22H34N2O5S/c1-16(2)24(17(3)4)21(25)18(5)29-22(26)19-11-10-12-20(15-19)30(27,28)23-13-8-6-7-9-14-23/h10-12,15-18H,6-9,13-14H2,1-5H3. The van der Waals surface area contributed by atoms with E-state index in [2.05, 4.69) is 0 Å². The van der Waals surface area contributed by atoms with Gasteiger partial charge in [-0.05, 0) is 65.7 Å². The molecule has 1 fully saturated rings. The van der Waals surface area contributed by atoms with Crippen LogP contribution < -0.4 is 0 Å². The van der Waals surface area contributed by atoms with E-state index in [1.165, 1.54) is 35.5 Å². The number of nitrogens with zero attached hydrogens (tertiary/aromatic N) is 2. The number of sulfonamides is 1. The molecule has 0 spiro atoms. The van der Waals surface area contributed by atoms with E-state index in [1.807, 2.05) is 27.7 Å². The number of carbonyl (C=O) groups excluding carboxylic acids is 2. The van der Waals surface area contributed by atoms with Crippen molar-refractivity contribution in [3.8, 4) is 0 Å². The zero-order chi connectivity index (χ0) is 22.5. The predicted octanol–water partition coefficient (Wildman–Crippen LogP) is 3.44. The largest absolute Gasteiger partial charge is 0.449 e. The molecule has 1 atom stereocenters. The molecule has 0 N–H and O–H groups in total. The number of hydrogen-bond donors (Lipinski definition) is 0. The van der Waals surface area contributed by atoms with E-state index < -0.39 is 22.1 Å². The molecule has 0 aromatic heterocycles. The van der Waals surface area contributed by atoms with Gasteiger partial charge in [-0.1, -0.05) is 18.9 Å². The fraction of sp³-hybridized carbons (Fsp3) is 0.636. The van der Waals surface area contributed by atoms with Gasteiger partial charge in [0.1, 0.15) is 0 Å². The van der Waals surface area contributed by atoms with Crippen LogP contribution in [0.1, 0.15) is 70.7 Å². The highest BCUT2D eigenvalue weighted by Crippen LogP contribution is 2.22. The normalized spacial score (nSPS) is 16.9. The number of hydrogen-bond acceptors (Lipinski definition) is 5. The number of ether oxygens (including phenoxy) is 1. The van der Waals surface area contributed by atoms with Crippen LogP contribution in [0.4, 0.5) is 0 Å². The van der Waals surface area contributed by atoms with Gasteiger partial charge in [0.25, 0.3) is 5.91 Å². The Hall–Kier alpha value is -1.93. The first-order valence-corrected chi connectivity index (χ1v) is 12.1. The minimum absolute atomic E-state index is 0.0271. The smallest absolute Gasteiger partial charge is 0.338 e. The highest BCUT2D eigenvalue weighted by molar-refractivity contribution is 7.89. The summed E-state index contributed by atoms with van der Waals surface area (Å²) in [6.07, 6.45) is 2.75. The molecule has 0 aliphatic carbocycles. The maximum absolute atomic E-state index is 13.0. The lowest BCUT2D eigenvalue weighted by atomic mass is 10.2. The van der Waals surface area contributed by atoms with Crippen molar-refractivity contribution in [2.45, 2.75) is 83.4 Å². The van der Waals surface area contributed by atoms with Gasteiger partial charge in [-0.3, -0.25) is 4.79 Å². The molecule has 0 radical (unpaired) electrons. The van der Waals surface area contributed by atoms with E-state index in [0.29, 0.717) is 13.1 Å². The third-order valence-electron chi connectivity index (χ3n) is 5.27. The second-order valence-corrected chi connectivity index (χ2v) is 10.3. The highest BCUT2D eigenvalue weighted by Gasteiger charge is 2.29. The average Bonchev–Trinajstić information content (AvgIpc) is 2.97. The molecule has 0 bridgehead atoms. The monoisotopic (exact) mass is 438 g/mol. The van der Waals surface area contributed by atoms with Crippen molar-refractivity contribution < 1.29 is 22.7 Å². The Balaban J connectivity index is 2.16. The summed E-state index contributed by atoms with van der Waals surface area (Å²) < 4.78 is 32.9. The molecular formula is C22H34N2O5S. The second-order valence-electron chi connectivity index (χ2n) is 8.33. The fourth-order valence-electron chi connectivity index (χ4n) is 3.81. The second kappa shape index (κ2) is 10.4. The highest BCUT2D eigenvalue weighted by atomic mass is 32.2. The van der Waals surface area contributed by atoms with Crippen LogP contribution in [0, 0.1) is 0 Å². The van der Waals surface area contributed by atoms with Crippen LogP contribution in [0.2, 0.25) is 0 Å². The van der Waals surface area contributed by atoms with Gasteiger partial charge in [0.05, 0.1) is 10.5 Å². The predicted molar refractivity (Wildman–Crippen MR) is 116 cm³/mol. The number of esters is 1. The maximum Gasteiger partial charge on any atom is 0.338 e. The SMILES string of the molecule is CC(OC(=O)c1cccc(S(=O)(=O)N2CCCCCC2)c1)C(=O)N(C(C)C)C(C)C. The van der Waals surface area contributed by atoms with E-state index in [1.54, 1.807) is 4.90 Å². The zero-order valence-electron chi connectivity index (χ0n) is 18.6. The lowest BCUT2D eigenvalue weighted by Gasteiger charge is -2.32. The Bertz CT molecular complexity index is 835. The molecular weight excluding hydrogens is 404 g/mol. The number of benzene rings is 1. The van der Waals surface area contributed by atoms with Crippen molar-refractivity contribution in [3.63, 3.8) is 0 Å². The first-order chi connectivity index (χ1) is 14.1. The minimum atomic E-state index is -3.67. The van der Waals surface area contributed by atoms with Crippen molar-refractivity contribution in [1.29, 1.82) is 0 Å². The maximum atomic E-state index is 13.0. The van der Waals surface area contributed by atoms with E-state index in [0.717, 1.165) is 25.7 Å². The van der Waals surface area contributed by atoms with Crippen molar-refractivity contribution in [2.75, 3.05) is 13.1 Å². The Morgan fingerprint density at radius 1 is 0.967 bits per heavy atom. The first kappa shape index (κ1) is 24.3. The van der Waals surface area contributed by atoms with Crippen LogP contribution in [0.25, 0.3) is 0 Å². The van der Waals surface area contributed by atoms with Gasteiger partial charge in [-0.2, -0.15) is 4.31 Å². The molecule has 1 heterocycles. The molecule has 168 valence electrons. The molecule has 1 saturated heterocycles. The number of rotatable bonds is 7. The van der Waals surface area contributed by atoms with Gasteiger partial charge in [0.2, 0.25) is 10.0 Å². The van der Waals surface area contributed by atoms with Gasteiger partial charge >= 0.3 is 5.97 Å². The van der Waals surface area contributed by atoms with Crippen molar-refractivity contribution in [3.05, 3.63) is 29.8 Å². The summed E-state index contributed by atoms with van der Waals surface area (Å²) in [4.78, 5) is 27.1. The quantitative estimate of drug-likeness (QED) is 0.609. The molecule has 1 aliphatic rings. The summed E-state index contributed by atoms with van der Waals surface area (Å²) in [7, 11) is -3.67. The van der Waals surface area contributed by atoms with Crippen LogP contribution in [-0.4, -0.2) is 60.8 Å². The zero-order valence-corrected chi connectivity index (χ0v) is 19.4. The molecule has 2 rings (SSSR count). The number of carbonyl (C=O) groups is 2. The lowest BCUT2D eigenvalue weighted by molar-refractivity contribution is -0.143. The first-order valence-electron chi connectivity index (χ1n) is 10.7. The van der Waals surface area contributed by atoms with Crippen LogP contribution in [-0.2, 0) is 19.6 Å². The molecule has 30 heavy (non-hydrogen) atoms. The molecule has 1 aromatic rings. The Morgan fingerprint density at radius 3 is 2.07 bits per heavy atom. The Labute approximate surface area is 180 Å². The van der Waals surface area contributed by atoms with Crippen molar-refractivity contribution in [1.82, 2.24) is 9.21 Å². The van der Waals surface area contributed by atoms with Gasteiger partial charge in [-0.15, -0.1) is 0 Å². The van der Waals surface area contributed by atoms with E-state index in [9.17, 15) is 18.0 Å². The molecule has 1 aliphatic heterocycles. The van der Waals surface area contributed by atoms with Crippen LogP contribution in [0.15, 0.2) is 29.2 Å². The summed E-state index contributed by atoms with van der Waals surface area (Å²) in [5, 5.41) is 0. The van der Waals surface area contributed by atoms with Gasteiger partial charge in [0, 0.05) is 25.2 Å². The summed E-state index contributed by atoms with van der Waals surface area (Å²) in [6.45, 7) is 10.1. The topological polar surface area (TPSA) is 84.0 Å². The van der Waals surface area contributed by atoms with Crippen LogP contribution in [0.3, 0.4) is 0 Å². The third kappa shape index (κ3) is 5.82. The van der Waals surface area contributed by atoms with Crippen molar-refractivity contribution >= 4 is 21.9 Å². The van der Waals surface area contributed by atoms with Gasteiger partial charge < -0.3 is 9.64 Å². The molecule has 7 nitrogen and oxygen atoms in total. The summed E-state index contributed by atoms with van der Waals surface area (Å²) in [5.74, 6) is -0.988. The van der Waals surface area contributed by atoms with Crippen molar-refractivity contribution in [2.24, 2.45) is 0 Å².